The van der Waals surface area contributed by atoms with Gasteiger partial charge >= 0.3 is 103 Å². The molecule has 1 aliphatic rings. The largest absolute Gasteiger partial charge is 1.00 e. The van der Waals surface area contributed by atoms with Gasteiger partial charge in [-0.15, -0.1) is 0 Å². The van der Waals surface area contributed by atoms with E-state index in [1.165, 1.54) is 12.1 Å². The molecule has 0 N–H and O–H groups in total. The smallest absolute Gasteiger partial charge is 0.744 e. The van der Waals surface area contributed by atoms with E-state index in [1.54, 1.807) is 30.3 Å². The predicted molar refractivity (Wildman–Crippen MR) is 101 cm³/mol. The van der Waals surface area contributed by atoms with E-state index < -0.39 is 37.2 Å². The Morgan fingerprint density at radius 3 is 1.40 bits per heavy atom. The van der Waals surface area contributed by atoms with Crippen molar-refractivity contribution in [2.45, 2.75) is 9.79 Å². The van der Waals surface area contributed by atoms with Crippen molar-refractivity contribution in [2.24, 2.45) is 0 Å². The average molecular weight is 513 g/mol. The Kier molecular flexibility index (Phi) is 8.79. The SMILES string of the molecule is O=P1(c2ccccc2)c2ccc(S(=O)(=O)[O-])cc2-c2cc(S(=O)(=O)[O-])ccc21.[K+].[K+]. The molecule has 0 saturated carbocycles. The summed E-state index contributed by atoms with van der Waals surface area (Å²) in [4.78, 5) is -1.07. The second kappa shape index (κ2) is 9.69. The van der Waals surface area contributed by atoms with Gasteiger partial charge in [0.25, 0.3) is 0 Å². The molecule has 1 heterocycles. The van der Waals surface area contributed by atoms with Gasteiger partial charge in [0.15, 0.2) is 7.14 Å². The van der Waals surface area contributed by atoms with Crippen molar-refractivity contribution >= 4 is 43.3 Å². The number of hydrogen-bond donors (Lipinski definition) is 0. The van der Waals surface area contributed by atoms with E-state index in [2.05, 4.69) is 0 Å². The van der Waals surface area contributed by atoms with Crippen molar-refractivity contribution in [1.82, 2.24) is 0 Å². The number of rotatable bonds is 3. The van der Waals surface area contributed by atoms with Gasteiger partial charge in [-0.2, -0.15) is 0 Å². The fraction of sp³-hybridized carbons (Fsp3) is 0. The van der Waals surface area contributed by atoms with Crippen LogP contribution in [0.4, 0.5) is 0 Å². The van der Waals surface area contributed by atoms with E-state index in [-0.39, 0.29) is 125 Å². The molecule has 0 unspecified atom stereocenters. The molecule has 0 bridgehead atoms. The van der Waals surface area contributed by atoms with Gasteiger partial charge in [0.05, 0.1) is 9.79 Å². The minimum atomic E-state index is -4.79. The summed E-state index contributed by atoms with van der Waals surface area (Å²) < 4.78 is 82.7. The molecule has 0 aliphatic carbocycles. The van der Waals surface area contributed by atoms with Gasteiger partial charge in [-0.25, -0.2) is 16.8 Å². The van der Waals surface area contributed by atoms with Crippen LogP contribution >= 0.6 is 7.14 Å². The van der Waals surface area contributed by atoms with Crippen LogP contribution in [0.5, 0.6) is 0 Å². The molecule has 12 heteroatoms. The average Bonchev–Trinajstić information content (AvgIpc) is 2.90. The van der Waals surface area contributed by atoms with Crippen LogP contribution < -0.4 is 119 Å². The molecule has 3 aromatic rings. The van der Waals surface area contributed by atoms with Crippen LogP contribution in [0.15, 0.2) is 76.5 Å². The standard InChI is InChI=1S/C18H13O7PS2.2K/c19-26(12-4-2-1-3-5-12)17-8-6-13(27(20,21)22)10-15(17)16-11-14(28(23,24)25)7-9-18(16)26;;/h1-11H,(H,20,21,22)(H,23,24,25);;/q;2*+1/p-2. The summed E-state index contributed by atoms with van der Waals surface area (Å²) in [5.41, 5.74) is 0.314. The first kappa shape index (κ1) is 27.2. The summed E-state index contributed by atoms with van der Waals surface area (Å²) in [6.45, 7) is 0. The topological polar surface area (TPSA) is 131 Å². The summed E-state index contributed by atoms with van der Waals surface area (Å²) in [6.07, 6.45) is 0. The number of hydrogen-bond acceptors (Lipinski definition) is 7. The van der Waals surface area contributed by atoms with E-state index in [1.807, 2.05) is 0 Å². The second-order valence-corrected chi connectivity index (χ2v) is 11.7. The van der Waals surface area contributed by atoms with Crippen LogP contribution in [0.25, 0.3) is 11.1 Å². The maximum atomic E-state index is 14.1. The van der Waals surface area contributed by atoms with Crippen molar-refractivity contribution in [3.63, 3.8) is 0 Å². The molecule has 1 aliphatic heterocycles. The van der Waals surface area contributed by atoms with Crippen LogP contribution in [0.3, 0.4) is 0 Å². The molecule has 0 fully saturated rings. The van der Waals surface area contributed by atoms with Crippen molar-refractivity contribution < 1.29 is 133 Å². The first-order chi connectivity index (χ1) is 13.0. The maximum absolute atomic E-state index is 14.1. The molecule has 7 nitrogen and oxygen atoms in total. The van der Waals surface area contributed by atoms with E-state index in [9.17, 15) is 30.5 Å². The van der Waals surface area contributed by atoms with Gasteiger partial charge in [0.2, 0.25) is 0 Å². The monoisotopic (exact) mass is 512 g/mol. The third kappa shape index (κ3) is 4.77. The van der Waals surface area contributed by atoms with Crippen molar-refractivity contribution in [2.75, 3.05) is 0 Å². The first-order valence-corrected chi connectivity index (χ1v) is 12.4. The third-order valence-electron chi connectivity index (χ3n) is 4.60. The Labute approximate surface area is 259 Å². The summed E-state index contributed by atoms with van der Waals surface area (Å²) in [5.74, 6) is 0. The quantitative estimate of drug-likeness (QED) is 0.153. The number of benzene rings is 3. The zero-order chi connectivity index (χ0) is 20.3. The van der Waals surface area contributed by atoms with Gasteiger partial charge in [-0.3, -0.25) is 0 Å². The predicted octanol–water partition coefficient (Wildman–Crippen LogP) is -4.88. The normalized spacial score (nSPS) is 14.1. The van der Waals surface area contributed by atoms with E-state index in [0.717, 1.165) is 24.3 Å². The van der Waals surface area contributed by atoms with E-state index in [4.69, 9.17) is 0 Å². The molecule has 30 heavy (non-hydrogen) atoms. The molecule has 0 amide bonds. The Hall–Kier alpha value is 0.983. The summed E-state index contributed by atoms with van der Waals surface area (Å²) >= 11 is 0. The molecule has 0 saturated heterocycles. The van der Waals surface area contributed by atoms with E-state index >= 15 is 0 Å². The van der Waals surface area contributed by atoms with Gasteiger partial charge in [-0.1, -0.05) is 30.3 Å². The van der Waals surface area contributed by atoms with Crippen LogP contribution in [0.2, 0.25) is 0 Å². The van der Waals surface area contributed by atoms with Crippen LogP contribution in [-0.2, 0) is 24.8 Å². The Morgan fingerprint density at radius 1 is 0.633 bits per heavy atom. The molecule has 0 aromatic heterocycles. The molecule has 0 atom stereocenters. The first-order valence-electron chi connectivity index (χ1n) is 7.90. The minimum absolute atomic E-state index is 0. The van der Waals surface area contributed by atoms with Gasteiger partial charge in [0, 0.05) is 15.9 Å². The summed E-state index contributed by atoms with van der Waals surface area (Å²) in [6, 6.07) is 15.3. The minimum Gasteiger partial charge on any atom is -0.744 e. The van der Waals surface area contributed by atoms with Crippen LogP contribution in [0.1, 0.15) is 0 Å². The van der Waals surface area contributed by atoms with Crippen molar-refractivity contribution in [3.8, 4) is 11.1 Å². The van der Waals surface area contributed by atoms with E-state index in [0.29, 0.717) is 5.30 Å². The zero-order valence-corrected chi connectivity index (χ0v) is 24.7. The van der Waals surface area contributed by atoms with Gasteiger partial charge in [-0.05, 0) is 47.5 Å². The van der Waals surface area contributed by atoms with Crippen LogP contribution in [-0.4, -0.2) is 25.9 Å². The molecule has 144 valence electrons. The molecule has 0 radical (unpaired) electrons. The fourth-order valence-corrected chi connectivity index (χ4v) is 7.39. The molecular weight excluding hydrogens is 501 g/mol. The summed E-state index contributed by atoms with van der Waals surface area (Å²) in [7, 11) is -13.0. The van der Waals surface area contributed by atoms with Crippen LogP contribution in [0, 0.1) is 0 Å². The fourth-order valence-electron chi connectivity index (χ4n) is 3.37. The molecule has 0 spiro atoms. The third-order valence-corrected chi connectivity index (χ3v) is 9.43. The maximum Gasteiger partial charge on any atom is 1.00 e. The Bertz CT molecular complexity index is 1300. The molecule has 3 aromatic carbocycles. The van der Waals surface area contributed by atoms with Crippen molar-refractivity contribution in [3.05, 3.63) is 66.7 Å². The zero-order valence-electron chi connectivity index (χ0n) is 16.0. The number of fused-ring (bicyclic) bond motifs is 3. The summed E-state index contributed by atoms with van der Waals surface area (Å²) in [5, 5.41) is 1.02. The molecular formula is C18H11K2O7PS2. The second-order valence-electron chi connectivity index (χ2n) is 6.21. The molecule has 4 rings (SSSR count). The Morgan fingerprint density at radius 2 is 1.03 bits per heavy atom. The van der Waals surface area contributed by atoms with Gasteiger partial charge in [0.1, 0.15) is 20.2 Å². The van der Waals surface area contributed by atoms with Gasteiger partial charge < -0.3 is 13.7 Å². The Balaban J connectivity index is 0.00000160. The van der Waals surface area contributed by atoms with Crippen molar-refractivity contribution in [1.29, 1.82) is 0 Å².